The number of hydrogen-bond donors (Lipinski definition) is 0. The van der Waals surface area contributed by atoms with E-state index in [9.17, 15) is 8.42 Å². The van der Waals surface area contributed by atoms with Crippen molar-refractivity contribution in [3.05, 3.63) is 64.7 Å². The van der Waals surface area contributed by atoms with Gasteiger partial charge in [-0.1, -0.05) is 39.0 Å². The Kier molecular flexibility index (Phi) is 7.43. The Hall–Kier alpha value is -2.58. The van der Waals surface area contributed by atoms with Crippen molar-refractivity contribution in [2.24, 2.45) is 0 Å². The highest BCUT2D eigenvalue weighted by Crippen LogP contribution is 2.32. The fraction of sp³-hybridized carbons (Fsp3) is 0.444. The highest BCUT2D eigenvalue weighted by molar-refractivity contribution is 7.92. The first-order valence-corrected chi connectivity index (χ1v) is 14.3. The van der Waals surface area contributed by atoms with Crippen LogP contribution in [0.2, 0.25) is 0 Å². The third kappa shape index (κ3) is 5.64. The van der Waals surface area contributed by atoms with E-state index in [-0.39, 0.29) is 10.7 Å². The molecule has 1 fully saturated rings. The minimum Gasteiger partial charge on any atom is -0.497 e. The van der Waals surface area contributed by atoms with E-state index >= 15 is 0 Å². The molecule has 1 aliphatic rings. The Bertz CT molecular complexity index is 1250. The summed E-state index contributed by atoms with van der Waals surface area (Å²) in [5.74, 6) is 1.54. The maximum Gasteiger partial charge on any atom is 0.185 e. The number of anilines is 1. The quantitative estimate of drug-likeness (QED) is 0.415. The van der Waals surface area contributed by atoms with Gasteiger partial charge in [-0.05, 0) is 42.0 Å². The van der Waals surface area contributed by atoms with E-state index in [0.717, 1.165) is 33.5 Å². The third-order valence-corrected chi connectivity index (χ3v) is 9.83. The van der Waals surface area contributed by atoms with Gasteiger partial charge in [0.25, 0.3) is 0 Å². The lowest BCUT2D eigenvalue weighted by atomic mass is 9.87. The number of aromatic nitrogens is 1. The molecule has 188 valence electrons. The van der Waals surface area contributed by atoms with Crippen LogP contribution in [-0.4, -0.2) is 46.0 Å². The Balaban J connectivity index is 1.40. The molecule has 1 aliphatic heterocycles. The summed E-state index contributed by atoms with van der Waals surface area (Å²) in [4.78, 5) is 7.46. The second kappa shape index (κ2) is 10.2. The van der Waals surface area contributed by atoms with Gasteiger partial charge in [-0.2, -0.15) is 0 Å². The number of nitrogens with zero attached hydrogens (tertiary/aromatic N) is 2. The molecule has 0 radical (unpaired) electrons. The van der Waals surface area contributed by atoms with Gasteiger partial charge in [0, 0.05) is 36.5 Å². The van der Waals surface area contributed by atoms with Gasteiger partial charge >= 0.3 is 0 Å². The van der Waals surface area contributed by atoms with Crippen LogP contribution in [0, 0.1) is 0 Å². The second-order valence-corrected chi connectivity index (χ2v) is 13.0. The lowest BCUT2D eigenvalue weighted by molar-refractivity contribution is 0.391. The van der Waals surface area contributed by atoms with Crippen LogP contribution in [0.1, 0.15) is 50.4 Å². The van der Waals surface area contributed by atoms with E-state index in [0.29, 0.717) is 37.2 Å². The summed E-state index contributed by atoms with van der Waals surface area (Å²) in [7, 11) is -0.0549. The molecular weight excluding hydrogens is 480 g/mol. The van der Waals surface area contributed by atoms with E-state index in [2.05, 4.69) is 31.1 Å². The highest BCUT2D eigenvalue weighted by Gasteiger charge is 2.32. The monoisotopic (exact) mass is 514 g/mol. The second-order valence-electron chi connectivity index (χ2n) is 9.98. The smallest absolute Gasteiger partial charge is 0.185 e. The van der Waals surface area contributed by atoms with Crippen LogP contribution in [0.5, 0.6) is 11.5 Å². The van der Waals surface area contributed by atoms with Crippen molar-refractivity contribution in [1.82, 2.24) is 4.98 Å². The van der Waals surface area contributed by atoms with Gasteiger partial charge in [-0.15, -0.1) is 11.3 Å². The number of ether oxygens (including phenoxy) is 2. The summed E-state index contributed by atoms with van der Waals surface area (Å²) < 4.78 is 37.3. The van der Waals surface area contributed by atoms with Crippen molar-refractivity contribution in [3.63, 3.8) is 0 Å². The molecule has 0 saturated carbocycles. The molecule has 35 heavy (non-hydrogen) atoms. The third-order valence-electron chi connectivity index (χ3n) is 6.61. The minimum absolute atomic E-state index is 0.00129. The minimum atomic E-state index is -3.35. The van der Waals surface area contributed by atoms with E-state index < -0.39 is 9.84 Å². The standard InChI is InChI=1S/C27H34N2O4S2/c1-27(2,3)20-7-10-23(11-8-20)35(30,31)24-12-14-29(15-13-24)26-28-21(18-34-26)16-19-6-9-22(32-4)17-25(19)33-5/h6-11,17-18,24H,12-16H2,1-5H3. The van der Waals surface area contributed by atoms with Gasteiger partial charge in [0.1, 0.15) is 11.5 Å². The molecule has 1 aromatic heterocycles. The molecule has 0 unspecified atom stereocenters. The molecule has 0 atom stereocenters. The van der Waals surface area contributed by atoms with Gasteiger partial charge in [-0.25, -0.2) is 13.4 Å². The van der Waals surface area contributed by atoms with E-state index in [1.54, 1.807) is 37.7 Å². The molecule has 0 amide bonds. The lowest BCUT2D eigenvalue weighted by Gasteiger charge is -2.31. The van der Waals surface area contributed by atoms with Crippen LogP contribution in [0.15, 0.2) is 52.7 Å². The average molecular weight is 515 g/mol. The SMILES string of the molecule is COc1ccc(Cc2csc(N3CCC(S(=O)(=O)c4ccc(C(C)(C)C)cc4)CC3)n2)c(OC)c1. The van der Waals surface area contributed by atoms with Crippen LogP contribution in [-0.2, 0) is 21.7 Å². The molecule has 0 aliphatic carbocycles. The fourth-order valence-electron chi connectivity index (χ4n) is 4.41. The number of rotatable bonds is 7. The number of hydrogen-bond acceptors (Lipinski definition) is 7. The van der Waals surface area contributed by atoms with Crippen LogP contribution in [0.25, 0.3) is 0 Å². The molecule has 0 spiro atoms. The molecule has 1 saturated heterocycles. The Labute approximate surface area is 212 Å². The van der Waals surface area contributed by atoms with Gasteiger partial charge in [0.2, 0.25) is 0 Å². The predicted octanol–water partition coefficient (Wildman–Crippen LogP) is 5.49. The number of thiazole rings is 1. The summed E-state index contributed by atoms with van der Waals surface area (Å²) in [6.07, 6.45) is 1.87. The Morgan fingerprint density at radius 1 is 1.03 bits per heavy atom. The molecule has 2 aromatic carbocycles. The molecule has 6 nitrogen and oxygen atoms in total. The maximum absolute atomic E-state index is 13.3. The predicted molar refractivity (Wildman–Crippen MR) is 142 cm³/mol. The molecule has 8 heteroatoms. The molecule has 4 rings (SSSR count). The Morgan fingerprint density at radius 3 is 2.31 bits per heavy atom. The first-order valence-electron chi connectivity index (χ1n) is 11.9. The van der Waals surface area contributed by atoms with Crippen molar-refractivity contribution in [1.29, 1.82) is 0 Å². The zero-order valence-corrected chi connectivity index (χ0v) is 22.7. The van der Waals surface area contributed by atoms with Gasteiger partial charge < -0.3 is 14.4 Å². The highest BCUT2D eigenvalue weighted by atomic mass is 32.2. The largest absolute Gasteiger partial charge is 0.497 e. The van der Waals surface area contributed by atoms with Crippen molar-refractivity contribution in [2.75, 3.05) is 32.2 Å². The van der Waals surface area contributed by atoms with Crippen molar-refractivity contribution in [2.45, 2.75) is 55.6 Å². The summed E-state index contributed by atoms with van der Waals surface area (Å²) in [5, 5.41) is 2.65. The van der Waals surface area contributed by atoms with E-state index in [1.165, 1.54) is 0 Å². The summed E-state index contributed by atoms with van der Waals surface area (Å²) in [5.41, 5.74) is 3.16. The normalized spacial score (nSPS) is 15.3. The lowest BCUT2D eigenvalue weighted by Crippen LogP contribution is -2.39. The summed E-state index contributed by atoms with van der Waals surface area (Å²) in [6.45, 7) is 7.75. The average Bonchev–Trinajstić information content (AvgIpc) is 3.32. The first-order chi connectivity index (χ1) is 16.6. The van der Waals surface area contributed by atoms with E-state index in [1.807, 2.05) is 30.3 Å². The van der Waals surface area contributed by atoms with Crippen LogP contribution in [0.4, 0.5) is 5.13 Å². The molecule has 2 heterocycles. The number of methoxy groups -OCH3 is 2. The fourth-order valence-corrected chi connectivity index (χ4v) is 7.02. The molecule has 0 bridgehead atoms. The molecular formula is C27H34N2O4S2. The summed E-state index contributed by atoms with van der Waals surface area (Å²) >= 11 is 1.61. The van der Waals surface area contributed by atoms with Gasteiger partial charge in [0.15, 0.2) is 15.0 Å². The van der Waals surface area contributed by atoms with Crippen molar-refractivity contribution < 1.29 is 17.9 Å². The first kappa shape index (κ1) is 25.5. The maximum atomic E-state index is 13.3. The van der Waals surface area contributed by atoms with Crippen LogP contribution >= 0.6 is 11.3 Å². The number of benzene rings is 2. The zero-order valence-electron chi connectivity index (χ0n) is 21.1. The number of sulfone groups is 1. The van der Waals surface area contributed by atoms with E-state index in [4.69, 9.17) is 14.5 Å². The molecule has 0 N–H and O–H groups in total. The van der Waals surface area contributed by atoms with Crippen LogP contribution < -0.4 is 14.4 Å². The van der Waals surface area contributed by atoms with Gasteiger partial charge in [-0.3, -0.25) is 0 Å². The number of piperidine rings is 1. The Morgan fingerprint density at radius 2 is 1.71 bits per heavy atom. The zero-order chi connectivity index (χ0) is 25.2. The van der Waals surface area contributed by atoms with Crippen molar-refractivity contribution in [3.8, 4) is 11.5 Å². The van der Waals surface area contributed by atoms with Crippen molar-refractivity contribution >= 4 is 26.3 Å². The topological polar surface area (TPSA) is 68.7 Å². The molecule has 3 aromatic rings. The summed E-state index contributed by atoms with van der Waals surface area (Å²) in [6, 6.07) is 13.2. The van der Waals surface area contributed by atoms with Crippen LogP contribution in [0.3, 0.4) is 0 Å². The van der Waals surface area contributed by atoms with Gasteiger partial charge in [0.05, 0.1) is 30.1 Å².